The van der Waals surface area contributed by atoms with Crippen molar-refractivity contribution in [1.82, 2.24) is 0 Å². The molecule has 0 saturated heterocycles. The van der Waals surface area contributed by atoms with Crippen molar-refractivity contribution in [2.75, 3.05) is 12.4 Å². The van der Waals surface area contributed by atoms with Gasteiger partial charge in [0.15, 0.2) is 6.10 Å². The average Bonchev–Trinajstić information content (AvgIpc) is 2.63. The number of halogens is 2. The van der Waals surface area contributed by atoms with Crippen LogP contribution in [0.4, 0.5) is 11.4 Å². The average molecular weight is 427 g/mol. The van der Waals surface area contributed by atoms with Crippen LogP contribution in [0.5, 0.6) is 5.75 Å². The van der Waals surface area contributed by atoms with E-state index in [4.69, 9.17) is 32.7 Å². The molecule has 0 aliphatic rings. The lowest BCUT2D eigenvalue weighted by Crippen LogP contribution is -2.30. The van der Waals surface area contributed by atoms with Gasteiger partial charge in [0.25, 0.3) is 11.6 Å². The lowest BCUT2D eigenvalue weighted by Gasteiger charge is -2.16. The van der Waals surface area contributed by atoms with Crippen LogP contribution in [0.2, 0.25) is 10.0 Å². The zero-order valence-electron chi connectivity index (χ0n) is 15.1. The Kier molecular flexibility index (Phi) is 6.82. The van der Waals surface area contributed by atoms with Crippen molar-refractivity contribution in [2.45, 2.75) is 20.0 Å². The smallest absolute Gasteiger partial charge is 0.345 e. The highest BCUT2D eigenvalue weighted by Crippen LogP contribution is 2.31. The maximum absolute atomic E-state index is 12.4. The fourth-order valence-electron chi connectivity index (χ4n) is 2.27. The molecule has 0 aromatic heterocycles. The molecule has 1 amide bonds. The van der Waals surface area contributed by atoms with E-state index in [1.807, 2.05) is 0 Å². The van der Waals surface area contributed by atoms with Crippen LogP contribution < -0.4 is 10.1 Å². The number of esters is 1. The molecule has 8 nitrogen and oxygen atoms in total. The van der Waals surface area contributed by atoms with Gasteiger partial charge in [0.1, 0.15) is 11.3 Å². The van der Waals surface area contributed by atoms with Gasteiger partial charge in [-0.3, -0.25) is 14.9 Å². The summed E-state index contributed by atoms with van der Waals surface area (Å²) in [6.45, 7) is 3.09. The van der Waals surface area contributed by atoms with Crippen molar-refractivity contribution in [3.05, 3.63) is 61.6 Å². The first-order valence-electron chi connectivity index (χ1n) is 7.94. The monoisotopic (exact) mass is 426 g/mol. The number of nitro groups is 1. The molecule has 28 heavy (non-hydrogen) atoms. The van der Waals surface area contributed by atoms with E-state index >= 15 is 0 Å². The molecule has 1 N–H and O–H groups in total. The molecule has 0 saturated carbocycles. The molecule has 0 aliphatic carbocycles. The first-order valence-corrected chi connectivity index (χ1v) is 8.69. The molecule has 1 unspecified atom stereocenters. The first kappa shape index (κ1) is 21.5. The summed E-state index contributed by atoms with van der Waals surface area (Å²) in [7, 11) is 1.42. The Labute approximate surface area is 170 Å². The summed E-state index contributed by atoms with van der Waals surface area (Å²) in [5, 5.41) is 14.2. The van der Waals surface area contributed by atoms with Crippen LogP contribution in [0.3, 0.4) is 0 Å². The summed E-state index contributed by atoms with van der Waals surface area (Å²) in [6.07, 6.45) is -1.23. The van der Waals surface area contributed by atoms with Gasteiger partial charge in [-0.15, -0.1) is 0 Å². The van der Waals surface area contributed by atoms with Gasteiger partial charge in [-0.05, 0) is 37.6 Å². The van der Waals surface area contributed by atoms with Crippen molar-refractivity contribution in [2.24, 2.45) is 0 Å². The maximum Gasteiger partial charge on any atom is 0.345 e. The Hall–Kier alpha value is -2.84. The predicted molar refractivity (Wildman–Crippen MR) is 104 cm³/mol. The molecule has 2 rings (SSSR count). The van der Waals surface area contributed by atoms with Crippen molar-refractivity contribution in [3.8, 4) is 5.75 Å². The summed E-state index contributed by atoms with van der Waals surface area (Å²) in [5.41, 5.74) is 0.225. The van der Waals surface area contributed by atoms with E-state index in [-0.39, 0.29) is 10.6 Å². The van der Waals surface area contributed by atoms with Crippen LogP contribution in [0.15, 0.2) is 30.3 Å². The van der Waals surface area contributed by atoms with E-state index in [2.05, 4.69) is 5.32 Å². The largest absolute Gasteiger partial charge is 0.495 e. The molecule has 2 aromatic rings. The second kappa shape index (κ2) is 8.90. The normalized spacial score (nSPS) is 11.5. The number of benzene rings is 2. The zero-order valence-corrected chi connectivity index (χ0v) is 16.6. The molecular weight excluding hydrogens is 411 g/mol. The third-order valence-electron chi connectivity index (χ3n) is 3.77. The Balaban J connectivity index is 2.16. The van der Waals surface area contributed by atoms with Crippen molar-refractivity contribution in [3.63, 3.8) is 0 Å². The van der Waals surface area contributed by atoms with Gasteiger partial charge < -0.3 is 14.8 Å². The number of carbonyl (C=O) groups excluding carboxylic acids is 2. The van der Waals surface area contributed by atoms with Gasteiger partial charge in [0.05, 0.1) is 17.7 Å². The topological polar surface area (TPSA) is 108 Å². The predicted octanol–water partition coefficient (Wildman–Crippen LogP) is 4.40. The first-order chi connectivity index (χ1) is 13.1. The number of ether oxygens (including phenoxy) is 2. The number of nitrogens with one attached hydrogen (secondary N) is 1. The van der Waals surface area contributed by atoms with Crippen LogP contribution in [0, 0.1) is 17.0 Å². The van der Waals surface area contributed by atoms with E-state index in [1.165, 1.54) is 26.2 Å². The number of hydrogen-bond donors (Lipinski definition) is 1. The Morgan fingerprint density at radius 1 is 1.21 bits per heavy atom. The molecule has 148 valence electrons. The number of carbonyl (C=O) groups is 2. The highest BCUT2D eigenvalue weighted by Gasteiger charge is 2.26. The minimum absolute atomic E-state index is 0.0965. The molecule has 0 bridgehead atoms. The number of amides is 1. The minimum Gasteiger partial charge on any atom is -0.495 e. The third-order valence-corrected chi connectivity index (χ3v) is 4.41. The van der Waals surface area contributed by atoms with Gasteiger partial charge in [-0.2, -0.15) is 0 Å². The van der Waals surface area contributed by atoms with Gasteiger partial charge >= 0.3 is 5.97 Å². The number of nitrogens with zero attached hydrogens (tertiary/aromatic N) is 1. The standard InChI is InChI=1S/C18H16Cl2N2O6/c1-9-6-14(16(27-3)8-13(9)20)21-17(23)10(2)28-18(24)12-5-4-11(19)7-15(12)22(25)26/h4-8,10H,1-3H3,(H,21,23). The van der Waals surface area contributed by atoms with Crippen LogP contribution >= 0.6 is 23.2 Å². The minimum atomic E-state index is -1.23. The number of hydrogen-bond acceptors (Lipinski definition) is 6. The molecule has 10 heteroatoms. The number of methoxy groups -OCH3 is 1. The maximum atomic E-state index is 12.4. The third kappa shape index (κ3) is 4.90. The summed E-state index contributed by atoms with van der Waals surface area (Å²) >= 11 is 11.7. The summed E-state index contributed by atoms with van der Waals surface area (Å²) in [5.74, 6) is -1.34. The van der Waals surface area contributed by atoms with E-state index in [1.54, 1.807) is 19.1 Å². The quantitative estimate of drug-likeness (QED) is 0.416. The lowest BCUT2D eigenvalue weighted by molar-refractivity contribution is -0.385. The zero-order chi connectivity index (χ0) is 21.0. The molecule has 0 fully saturated rings. The Morgan fingerprint density at radius 3 is 2.50 bits per heavy atom. The molecule has 1 atom stereocenters. The fourth-order valence-corrected chi connectivity index (χ4v) is 2.59. The second-order valence-corrected chi connectivity index (χ2v) is 6.60. The van der Waals surface area contributed by atoms with Crippen LogP contribution in [-0.4, -0.2) is 30.0 Å². The van der Waals surface area contributed by atoms with Crippen LogP contribution in [0.1, 0.15) is 22.8 Å². The van der Waals surface area contributed by atoms with Gasteiger partial charge in [-0.1, -0.05) is 23.2 Å². The highest BCUT2D eigenvalue weighted by molar-refractivity contribution is 6.31. The van der Waals surface area contributed by atoms with Crippen molar-refractivity contribution in [1.29, 1.82) is 0 Å². The van der Waals surface area contributed by atoms with Crippen LogP contribution in [-0.2, 0) is 9.53 Å². The highest BCUT2D eigenvalue weighted by atomic mass is 35.5. The van der Waals surface area contributed by atoms with Crippen LogP contribution in [0.25, 0.3) is 0 Å². The van der Waals surface area contributed by atoms with E-state index in [9.17, 15) is 19.7 Å². The summed E-state index contributed by atoms with van der Waals surface area (Å²) in [4.78, 5) is 35.0. The van der Waals surface area contributed by atoms with Crippen molar-refractivity contribution >= 4 is 46.5 Å². The number of anilines is 1. The van der Waals surface area contributed by atoms with Gasteiger partial charge in [-0.25, -0.2) is 4.79 Å². The summed E-state index contributed by atoms with van der Waals surface area (Å²) < 4.78 is 10.2. The molecule has 2 aromatic carbocycles. The Morgan fingerprint density at radius 2 is 1.89 bits per heavy atom. The van der Waals surface area contributed by atoms with E-state index < -0.39 is 28.6 Å². The number of nitro benzene ring substituents is 1. The van der Waals surface area contributed by atoms with Crippen molar-refractivity contribution < 1.29 is 24.0 Å². The number of aryl methyl sites for hydroxylation is 1. The molecule has 0 radical (unpaired) electrons. The SMILES string of the molecule is COc1cc(Cl)c(C)cc1NC(=O)C(C)OC(=O)c1ccc(Cl)cc1[N+](=O)[O-]. The van der Waals surface area contributed by atoms with Gasteiger partial charge in [0, 0.05) is 22.2 Å². The number of rotatable bonds is 6. The molecular formula is C18H16Cl2N2O6. The lowest BCUT2D eigenvalue weighted by atomic mass is 10.2. The van der Waals surface area contributed by atoms with Gasteiger partial charge in [0.2, 0.25) is 0 Å². The summed E-state index contributed by atoms with van der Waals surface area (Å²) in [6, 6.07) is 6.67. The second-order valence-electron chi connectivity index (χ2n) is 5.76. The van der Waals surface area contributed by atoms with E-state index in [0.29, 0.717) is 22.0 Å². The van der Waals surface area contributed by atoms with E-state index in [0.717, 1.165) is 6.07 Å². The molecule has 0 heterocycles. The Bertz CT molecular complexity index is 948. The molecule has 0 spiro atoms. The molecule has 0 aliphatic heterocycles. The fraction of sp³-hybridized carbons (Fsp3) is 0.222.